The van der Waals surface area contributed by atoms with Crippen LogP contribution in [-0.2, 0) is 9.53 Å². The molecular formula is C21H23N5O3. The molecule has 2 aromatic heterocycles. The molecule has 3 aromatic rings. The molecule has 1 aromatic carbocycles. The molecule has 5 rings (SSSR count). The predicted molar refractivity (Wildman–Crippen MR) is 107 cm³/mol. The van der Waals surface area contributed by atoms with Crippen LogP contribution in [0.3, 0.4) is 0 Å². The number of hydrogen-bond acceptors (Lipinski definition) is 7. The van der Waals surface area contributed by atoms with Crippen LogP contribution in [0.1, 0.15) is 18.7 Å². The molecule has 29 heavy (non-hydrogen) atoms. The molecule has 150 valence electrons. The van der Waals surface area contributed by atoms with Crippen LogP contribution < -0.4 is 5.32 Å². The number of aryl methyl sites for hydroxylation is 1. The highest BCUT2D eigenvalue weighted by Crippen LogP contribution is 2.33. The molecule has 1 amide bonds. The van der Waals surface area contributed by atoms with Gasteiger partial charge < -0.3 is 9.15 Å². The lowest BCUT2D eigenvalue weighted by atomic mass is 9.78. The fraction of sp³-hybridized carbons (Fsp3) is 0.429. The van der Waals surface area contributed by atoms with Crippen molar-refractivity contribution < 1.29 is 13.9 Å². The van der Waals surface area contributed by atoms with Crippen molar-refractivity contribution in [3.63, 3.8) is 0 Å². The number of carbonyl (C=O) groups is 1. The fourth-order valence-corrected chi connectivity index (χ4v) is 3.99. The van der Waals surface area contributed by atoms with Crippen LogP contribution in [0, 0.1) is 12.8 Å². The first-order valence-electron chi connectivity index (χ1n) is 9.98. The number of nitrogens with one attached hydrogen (secondary N) is 1. The minimum atomic E-state index is -0.00382. The van der Waals surface area contributed by atoms with E-state index in [2.05, 4.69) is 25.2 Å². The van der Waals surface area contributed by atoms with Crippen LogP contribution in [0.4, 0.5) is 5.95 Å². The van der Waals surface area contributed by atoms with Gasteiger partial charge in [0, 0.05) is 49.1 Å². The Morgan fingerprint density at radius 1 is 1.17 bits per heavy atom. The van der Waals surface area contributed by atoms with Gasteiger partial charge in [-0.2, -0.15) is 0 Å². The lowest BCUT2D eigenvalue weighted by molar-refractivity contribution is -0.125. The van der Waals surface area contributed by atoms with E-state index >= 15 is 0 Å². The van der Waals surface area contributed by atoms with Crippen molar-refractivity contribution in [3.05, 3.63) is 36.5 Å². The van der Waals surface area contributed by atoms with E-state index in [0.717, 1.165) is 55.6 Å². The van der Waals surface area contributed by atoms with E-state index < -0.39 is 0 Å². The first-order valence-corrected chi connectivity index (χ1v) is 9.98. The maximum atomic E-state index is 12.6. The summed E-state index contributed by atoms with van der Waals surface area (Å²) in [7, 11) is 0. The number of morpholine rings is 1. The molecule has 2 fully saturated rings. The van der Waals surface area contributed by atoms with Crippen LogP contribution in [0.25, 0.3) is 22.2 Å². The predicted octanol–water partition coefficient (Wildman–Crippen LogP) is 2.64. The zero-order valence-electron chi connectivity index (χ0n) is 16.3. The van der Waals surface area contributed by atoms with Gasteiger partial charge in [-0.1, -0.05) is 12.1 Å². The van der Waals surface area contributed by atoms with Gasteiger partial charge in [0.25, 0.3) is 0 Å². The second kappa shape index (κ2) is 7.53. The largest absolute Gasteiger partial charge is 0.441 e. The number of aromatic nitrogens is 3. The van der Waals surface area contributed by atoms with E-state index in [0.29, 0.717) is 23.6 Å². The molecule has 3 heterocycles. The Hall–Kier alpha value is -2.84. The summed E-state index contributed by atoms with van der Waals surface area (Å²) in [5, 5.41) is 3.78. The van der Waals surface area contributed by atoms with Crippen molar-refractivity contribution >= 4 is 22.8 Å². The molecule has 1 N–H and O–H groups in total. The molecule has 1 saturated carbocycles. The first kappa shape index (κ1) is 18.2. The van der Waals surface area contributed by atoms with Gasteiger partial charge in [-0.05, 0) is 18.9 Å². The molecule has 1 aliphatic carbocycles. The van der Waals surface area contributed by atoms with Gasteiger partial charge in [-0.3, -0.25) is 15.0 Å². The smallest absolute Gasteiger partial charge is 0.229 e. The fourth-order valence-electron chi connectivity index (χ4n) is 3.99. The van der Waals surface area contributed by atoms with Crippen LogP contribution in [0.5, 0.6) is 0 Å². The molecule has 0 radical (unpaired) electrons. The average Bonchev–Trinajstić information content (AvgIpc) is 3.13. The van der Waals surface area contributed by atoms with Crippen molar-refractivity contribution in [3.8, 4) is 11.3 Å². The molecule has 2 aliphatic rings. The molecule has 0 unspecified atom stereocenters. The summed E-state index contributed by atoms with van der Waals surface area (Å²) < 4.78 is 11.0. The van der Waals surface area contributed by atoms with E-state index in [4.69, 9.17) is 9.15 Å². The van der Waals surface area contributed by atoms with Crippen LogP contribution in [-0.4, -0.2) is 58.1 Å². The Morgan fingerprint density at radius 3 is 2.76 bits per heavy atom. The molecule has 8 heteroatoms. The topological polar surface area (TPSA) is 93.4 Å². The average molecular weight is 393 g/mol. The number of nitrogens with zero attached hydrogens (tertiary/aromatic N) is 4. The molecule has 1 saturated heterocycles. The second-order valence-electron chi connectivity index (χ2n) is 7.67. The summed E-state index contributed by atoms with van der Waals surface area (Å²) in [5.41, 5.74) is 1.64. The molecule has 0 bridgehead atoms. The molecule has 0 atom stereocenters. The summed E-state index contributed by atoms with van der Waals surface area (Å²) in [6, 6.07) is 6.29. The Balaban J connectivity index is 1.26. The van der Waals surface area contributed by atoms with Crippen molar-refractivity contribution in [2.45, 2.75) is 25.8 Å². The third-order valence-corrected chi connectivity index (χ3v) is 5.77. The summed E-state index contributed by atoms with van der Waals surface area (Å²) in [5.74, 6) is 1.66. The van der Waals surface area contributed by atoms with Gasteiger partial charge in [-0.15, -0.1) is 0 Å². The number of rotatable bonds is 4. The summed E-state index contributed by atoms with van der Waals surface area (Å²) in [6.07, 6.45) is 5.19. The SMILES string of the molecule is Cc1ncc(-c2ccc3cnc(NC(=O)[C@H]4C[C@H](N5CCOCC5)C4)nc3c2)o1. The number of ether oxygens (including phenoxy) is 1. The molecule has 8 nitrogen and oxygen atoms in total. The quantitative estimate of drug-likeness (QED) is 0.728. The maximum absolute atomic E-state index is 12.6. The minimum Gasteiger partial charge on any atom is -0.441 e. The highest BCUT2D eigenvalue weighted by molar-refractivity contribution is 5.93. The van der Waals surface area contributed by atoms with Gasteiger partial charge in [0.15, 0.2) is 11.7 Å². The third kappa shape index (κ3) is 3.73. The van der Waals surface area contributed by atoms with E-state index in [1.165, 1.54) is 0 Å². The zero-order chi connectivity index (χ0) is 19.8. The number of carbonyl (C=O) groups excluding carboxylic acids is 1. The van der Waals surface area contributed by atoms with E-state index in [1.54, 1.807) is 12.4 Å². The number of benzene rings is 1. The Labute approximate surface area is 168 Å². The standard InChI is InChI=1S/C21H23N5O3/c1-13-22-12-19(29-13)14-2-3-15-11-23-21(24-18(15)10-14)25-20(27)16-8-17(9-16)26-4-6-28-7-5-26/h2-3,10-12,16-17H,4-9H2,1H3,(H,23,24,25,27)/t16-,17-. The Bertz CT molecular complexity index is 1040. The highest BCUT2D eigenvalue weighted by Gasteiger charge is 2.38. The normalized spacial score (nSPS) is 22.4. The summed E-state index contributed by atoms with van der Waals surface area (Å²) in [4.78, 5) is 28.0. The lowest BCUT2D eigenvalue weighted by Gasteiger charge is -2.43. The highest BCUT2D eigenvalue weighted by atomic mass is 16.5. The molecule has 0 spiro atoms. The maximum Gasteiger partial charge on any atom is 0.229 e. The van der Waals surface area contributed by atoms with E-state index in [1.807, 2.05) is 25.1 Å². The Morgan fingerprint density at radius 2 is 2.00 bits per heavy atom. The van der Waals surface area contributed by atoms with Gasteiger partial charge in [-0.25, -0.2) is 15.0 Å². The van der Waals surface area contributed by atoms with Gasteiger partial charge in [0.1, 0.15) is 0 Å². The van der Waals surface area contributed by atoms with Crippen molar-refractivity contribution in [1.82, 2.24) is 19.9 Å². The number of anilines is 1. The van der Waals surface area contributed by atoms with Crippen LogP contribution in [0.2, 0.25) is 0 Å². The number of amides is 1. The molecular weight excluding hydrogens is 370 g/mol. The zero-order valence-corrected chi connectivity index (χ0v) is 16.3. The first-order chi connectivity index (χ1) is 14.2. The second-order valence-corrected chi connectivity index (χ2v) is 7.67. The van der Waals surface area contributed by atoms with Crippen molar-refractivity contribution in [2.75, 3.05) is 31.6 Å². The van der Waals surface area contributed by atoms with Crippen LogP contribution >= 0.6 is 0 Å². The van der Waals surface area contributed by atoms with Crippen molar-refractivity contribution in [2.24, 2.45) is 5.92 Å². The summed E-state index contributed by atoms with van der Waals surface area (Å²) >= 11 is 0. The summed E-state index contributed by atoms with van der Waals surface area (Å²) in [6.45, 7) is 5.30. The van der Waals surface area contributed by atoms with Gasteiger partial charge >= 0.3 is 0 Å². The number of hydrogen-bond donors (Lipinski definition) is 1. The van der Waals surface area contributed by atoms with Gasteiger partial charge in [0.2, 0.25) is 11.9 Å². The van der Waals surface area contributed by atoms with E-state index in [-0.39, 0.29) is 11.8 Å². The van der Waals surface area contributed by atoms with Crippen molar-refractivity contribution in [1.29, 1.82) is 0 Å². The van der Waals surface area contributed by atoms with Crippen LogP contribution in [0.15, 0.2) is 35.0 Å². The minimum absolute atomic E-state index is 0.00382. The lowest BCUT2D eigenvalue weighted by Crippen LogP contribution is -2.52. The monoisotopic (exact) mass is 393 g/mol. The number of fused-ring (bicyclic) bond motifs is 1. The Kier molecular flexibility index (Phi) is 4.73. The van der Waals surface area contributed by atoms with E-state index in [9.17, 15) is 4.79 Å². The third-order valence-electron chi connectivity index (χ3n) is 5.77. The molecule has 1 aliphatic heterocycles. The number of oxazole rings is 1. The van der Waals surface area contributed by atoms with Gasteiger partial charge in [0.05, 0.1) is 24.9 Å².